The van der Waals surface area contributed by atoms with Gasteiger partial charge in [-0.1, -0.05) is 32.0 Å². The molecule has 0 amide bonds. The predicted molar refractivity (Wildman–Crippen MR) is 60.7 cm³/mol. The van der Waals surface area contributed by atoms with Crippen LogP contribution in [0.25, 0.3) is 0 Å². The minimum Gasteiger partial charge on any atom is -0.490 e. The first-order valence-electron chi connectivity index (χ1n) is 5.67. The van der Waals surface area contributed by atoms with Crippen molar-refractivity contribution < 1.29 is 4.74 Å². The van der Waals surface area contributed by atoms with Crippen molar-refractivity contribution in [3.8, 4) is 5.75 Å². The Morgan fingerprint density at radius 2 is 1.57 bits per heavy atom. The van der Waals surface area contributed by atoms with E-state index < -0.39 is 0 Å². The van der Waals surface area contributed by atoms with Gasteiger partial charge < -0.3 is 4.74 Å². The fraction of sp³-hybridized carbons (Fsp3) is 0.538. The molecule has 78 valence electrons. The van der Waals surface area contributed by atoms with Crippen LogP contribution in [0.15, 0.2) is 30.3 Å². The first-order chi connectivity index (χ1) is 6.95. The molecule has 0 unspecified atom stereocenters. The van der Waals surface area contributed by atoms with Gasteiger partial charge in [-0.15, -0.1) is 0 Å². The molecule has 0 spiro atoms. The molecule has 1 fully saturated rings. The SMILES string of the molecule is CC.c1ccc(OC2CCCC2)cc1. The van der Waals surface area contributed by atoms with Crippen LogP contribution >= 0.6 is 0 Å². The summed E-state index contributed by atoms with van der Waals surface area (Å²) < 4.78 is 5.78. The summed E-state index contributed by atoms with van der Waals surface area (Å²) in [5.41, 5.74) is 0. The first kappa shape index (κ1) is 11.1. The molecule has 1 saturated carbocycles. The third-order valence-electron chi connectivity index (χ3n) is 2.35. The van der Waals surface area contributed by atoms with E-state index in [4.69, 9.17) is 4.74 Å². The van der Waals surface area contributed by atoms with Crippen LogP contribution in [0.4, 0.5) is 0 Å². The molecule has 0 atom stereocenters. The topological polar surface area (TPSA) is 9.23 Å². The van der Waals surface area contributed by atoms with E-state index in [9.17, 15) is 0 Å². The maximum Gasteiger partial charge on any atom is 0.119 e. The largest absolute Gasteiger partial charge is 0.490 e. The zero-order valence-corrected chi connectivity index (χ0v) is 9.20. The fourth-order valence-electron chi connectivity index (χ4n) is 1.70. The highest BCUT2D eigenvalue weighted by Gasteiger charge is 2.15. The lowest BCUT2D eigenvalue weighted by Crippen LogP contribution is -2.10. The zero-order chi connectivity index (χ0) is 10.2. The maximum atomic E-state index is 5.78. The molecule has 1 aliphatic rings. The van der Waals surface area contributed by atoms with Crippen molar-refractivity contribution in [2.75, 3.05) is 0 Å². The molecule has 1 aliphatic carbocycles. The molecule has 0 bridgehead atoms. The summed E-state index contributed by atoms with van der Waals surface area (Å²) in [7, 11) is 0. The Morgan fingerprint density at radius 1 is 1.00 bits per heavy atom. The van der Waals surface area contributed by atoms with Crippen molar-refractivity contribution in [1.29, 1.82) is 0 Å². The van der Waals surface area contributed by atoms with Gasteiger partial charge in [0.2, 0.25) is 0 Å². The standard InChI is InChI=1S/C11H14O.C2H6/c1-2-6-10(7-3-1)12-11-8-4-5-9-11;1-2/h1-3,6-7,11H,4-5,8-9H2;1-2H3. The van der Waals surface area contributed by atoms with Gasteiger partial charge in [-0.2, -0.15) is 0 Å². The van der Waals surface area contributed by atoms with Gasteiger partial charge >= 0.3 is 0 Å². The van der Waals surface area contributed by atoms with Crippen LogP contribution in [0.1, 0.15) is 39.5 Å². The molecule has 1 aromatic carbocycles. The molecule has 1 aromatic rings. The lowest BCUT2D eigenvalue weighted by Gasteiger charge is -2.12. The third-order valence-corrected chi connectivity index (χ3v) is 2.35. The van der Waals surface area contributed by atoms with Gasteiger partial charge in [0.15, 0.2) is 0 Å². The number of para-hydroxylation sites is 1. The van der Waals surface area contributed by atoms with Crippen LogP contribution in [0, 0.1) is 0 Å². The van der Waals surface area contributed by atoms with Gasteiger partial charge in [-0.05, 0) is 37.8 Å². The average Bonchev–Trinajstić information content (AvgIpc) is 2.75. The summed E-state index contributed by atoms with van der Waals surface area (Å²) >= 11 is 0. The van der Waals surface area contributed by atoms with Gasteiger partial charge in [0.1, 0.15) is 5.75 Å². The second-order valence-electron chi connectivity index (χ2n) is 3.34. The molecule has 0 radical (unpaired) electrons. The van der Waals surface area contributed by atoms with Crippen LogP contribution in [0.5, 0.6) is 5.75 Å². The van der Waals surface area contributed by atoms with Gasteiger partial charge in [-0.3, -0.25) is 0 Å². The van der Waals surface area contributed by atoms with Gasteiger partial charge in [0.25, 0.3) is 0 Å². The van der Waals surface area contributed by atoms with Crippen LogP contribution in [0.2, 0.25) is 0 Å². The number of rotatable bonds is 2. The first-order valence-corrected chi connectivity index (χ1v) is 5.67. The Bertz CT molecular complexity index is 224. The molecule has 2 rings (SSSR count). The minimum atomic E-state index is 0.479. The Balaban J connectivity index is 0.000000461. The van der Waals surface area contributed by atoms with Crippen molar-refractivity contribution in [1.82, 2.24) is 0 Å². The fourth-order valence-corrected chi connectivity index (χ4v) is 1.70. The Hall–Kier alpha value is -0.980. The predicted octanol–water partition coefficient (Wildman–Crippen LogP) is 4.03. The second kappa shape index (κ2) is 6.47. The summed E-state index contributed by atoms with van der Waals surface area (Å²) in [6.07, 6.45) is 5.60. The molecule has 0 aliphatic heterocycles. The smallest absolute Gasteiger partial charge is 0.119 e. The van der Waals surface area contributed by atoms with E-state index in [1.165, 1.54) is 25.7 Å². The highest BCUT2D eigenvalue weighted by Crippen LogP contribution is 2.23. The molecule has 1 nitrogen and oxygen atoms in total. The van der Waals surface area contributed by atoms with Crippen molar-refractivity contribution in [3.05, 3.63) is 30.3 Å². The van der Waals surface area contributed by atoms with E-state index >= 15 is 0 Å². The minimum absolute atomic E-state index is 0.479. The highest BCUT2D eigenvalue weighted by atomic mass is 16.5. The number of hydrogen-bond donors (Lipinski definition) is 0. The average molecular weight is 192 g/mol. The van der Waals surface area contributed by atoms with E-state index in [0.29, 0.717) is 6.10 Å². The monoisotopic (exact) mass is 192 g/mol. The quantitative estimate of drug-likeness (QED) is 0.687. The molecule has 1 heteroatoms. The second-order valence-corrected chi connectivity index (χ2v) is 3.34. The van der Waals surface area contributed by atoms with Crippen molar-refractivity contribution >= 4 is 0 Å². The van der Waals surface area contributed by atoms with E-state index in [-0.39, 0.29) is 0 Å². The molecule has 0 heterocycles. The van der Waals surface area contributed by atoms with Gasteiger partial charge in [0.05, 0.1) is 6.10 Å². The Kier molecular flexibility index (Phi) is 5.13. The number of ether oxygens (including phenoxy) is 1. The van der Waals surface area contributed by atoms with Crippen molar-refractivity contribution in [2.45, 2.75) is 45.6 Å². The van der Waals surface area contributed by atoms with Crippen LogP contribution in [-0.4, -0.2) is 6.10 Å². The van der Waals surface area contributed by atoms with Gasteiger partial charge in [-0.25, -0.2) is 0 Å². The highest BCUT2D eigenvalue weighted by molar-refractivity contribution is 5.21. The lowest BCUT2D eigenvalue weighted by atomic mass is 10.3. The normalized spacial score (nSPS) is 15.9. The van der Waals surface area contributed by atoms with E-state index in [1.54, 1.807) is 0 Å². The van der Waals surface area contributed by atoms with Crippen LogP contribution in [-0.2, 0) is 0 Å². The summed E-state index contributed by atoms with van der Waals surface area (Å²) in [4.78, 5) is 0. The molecule has 0 N–H and O–H groups in total. The Morgan fingerprint density at radius 3 is 2.14 bits per heavy atom. The summed E-state index contributed by atoms with van der Waals surface area (Å²) in [5.74, 6) is 1.02. The maximum absolute atomic E-state index is 5.78. The molecule has 0 aromatic heterocycles. The van der Waals surface area contributed by atoms with Crippen molar-refractivity contribution in [2.24, 2.45) is 0 Å². The molecule has 0 saturated heterocycles. The molecule has 14 heavy (non-hydrogen) atoms. The van der Waals surface area contributed by atoms with E-state index in [2.05, 4.69) is 0 Å². The third kappa shape index (κ3) is 3.41. The molecular weight excluding hydrogens is 172 g/mol. The van der Waals surface area contributed by atoms with E-state index in [1.807, 2.05) is 44.2 Å². The number of benzene rings is 1. The van der Waals surface area contributed by atoms with Crippen LogP contribution < -0.4 is 4.74 Å². The summed E-state index contributed by atoms with van der Waals surface area (Å²) in [6.45, 7) is 4.00. The van der Waals surface area contributed by atoms with Crippen LogP contribution in [0.3, 0.4) is 0 Å². The summed E-state index contributed by atoms with van der Waals surface area (Å²) in [5, 5.41) is 0. The molecular formula is C13H20O. The van der Waals surface area contributed by atoms with E-state index in [0.717, 1.165) is 5.75 Å². The van der Waals surface area contributed by atoms with Crippen molar-refractivity contribution in [3.63, 3.8) is 0 Å². The Labute approximate surface area is 87.1 Å². The van der Waals surface area contributed by atoms with Gasteiger partial charge in [0, 0.05) is 0 Å². The summed E-state index contributed by atoms with van der Waals surface area (Å²) in [6, 6.07) is 10.1. The number of hydrogen-bond acceptors (Lipinski definition) is 1. The zero-order valence-electron chi connectivity index (χ0n) is 9.20. The lowest BCUT2D eigenvalue weighted by molar-refractivity contribution is 0.210.